The van der Waals surface area contributed by atoms with Crippen molar-refractivity contribution in [3.05, 3.63) is 51.1 Å². The molecular weight excluding hydrogens is 336 g/mol. The number of nitrogens with zero attached hydrogens (tertiary/aromatic N) is 5. The Labute approximate surface area is 148 Å². The smallest absolute Gasteiger partial charge is 0.325 e. The maximum Gasteiger partial charge on any atom is 0.332 e. The molecule has 1 amide bonds. The fourth-order valence-corrected chi connectivity index (χ4v) is 2.79. The molecule has 0 saturated carbocycles. The largest absolute Gasteiger partial charge is 0.332 e. The summed E-state index contributed by atoms with van der Waals surface area (Å²) in [6.45, 7) is 2.37. The minimum Gasteiger partial charge on any atom is -0.325 e. The van der Waals surface area contributed by atoms with E-state index in [1.54, 1.807) is 23.9 Å². The van der Waals surface area contributed by atoms with Gasteiger partial charge in [-0.25, -0.2) is 14.8 Å². The van der Waals surface area contributed by atoms with Crippen molar-refractivity contribution in [1.82, 2.24) is 23.7 Å². The third-order valence-corrected chi connectivity index (χ3v) is 4.20. The molecule has 0 aromatic carbocycles. The standard InChI is InChI=1S/C17H20N6O3/c1-11-6-7-18-12(9-11)20-13(24)5-4-8-23-10-19-15-14(23)16(25)22(3)17(26)21(15)2/h6-7,9-10H,4-5,8H2,1-3H3,(H,18,20,24). The molecule has 0 atom stereocenters. The van der Waals surface area contributed by atoms with Gasteiger partial charge in [-0.05, 0) is 31.0 Å². The average Bonchev–Trinajstić information content (AvgIpc) is 3.02. The Balaban J connectivity index is 1.70. The van der Waals surface area contributed by atoms with E-state index in [0.717, 1.165) is 10.1 Å². The minimum atomic E-state index is -0.419. The van der Waals surface area contributed by atoms with Gasteiger partial charge in [-0.2, -0.15) is 0 Å². The lowest BCUT2D eigenvalue weighted by Crippen LogP contribution is -2.37. The Morgan fingerprint density at radius 3 is 2.69 bits per heavy atom. The first-order valence-electron chi connectivity index (χ1n) is 8.22. The van der Waals surface area contributed by atoms with Crippen molar-refractivity contribution in [3.63, 3.8) is 0 Å². The van der Waals surface area contributed by atoms with Crippen molar-refractivity contribution in [2.75, 3.05) is 5.32 Å². The molecule has 0 fully saturated rings. The van der Waals surface area contributed by atoms with Gasteiger partial charge in [0, 0.05) is 33.3 Å². The summed E-state index contributed by atoms with van der Waals surface area (Å²) in [5.41, 5.74) is 0.898. The summed E-state index contributed by atoms with van der Waals surface area (Å²) in [4.78, 5) is 44.6. The maximum absolute atomic E-state index is 12.4. The zero-order valence-electron chi connectivity index (χ0n) is 14.9. The molecule has 0 aliphatic carbocycles. The Bertz CT molecular complexity index is 1090. The van der Waals surface area contributed by atoms with E-state index in [1.165, 1.54) is 17.9 Å². The van der Waals surface area contributed by atoms with E-state index in [2.05, 4.69) is 15.3 Å². The van der Waals surface area contributed by atoms with Gasteiger partial charge in [-0.3, -0.25) is 18.7 Å². The molecule has 3 heterocycles. The number of carbonyl (C=O) groups excluding carboxylic acids is 1. The number of imidazole rings is 1. The fraction of sp³-hybridized carbons (Fsp3) is 0.353. The number of hydrogen-bond acceptors (Lipinski definition) is 5. The molecule has 1 N–H and O–H groups in total. The van der Waals surface area contributed by atoms with Crippen molar-refractivity contribution < 1.29 is 4.79 Å². The van der Waals surface area contributed by atoms with Gasteiger partial charge in [0.1, 0.15) is 5.82 Å². The van der Waals surface area contributed by atoms with Crippen LogP contribution in [0.3, 0.4) is 0 Å². The molecule has 136 valence electrons. The van der Waals surface area contributed by atoms with E-state index in [9.17, 15) is 14.4 Å². The number of anilines is 1. The second kappa shape index (κ2) is 6.95. The molecule has 9 nitrogen and oxygen atoms in total. The van der Waals surface area contributed by atoms with E-state index in [1.807, 2.05) is 13.0 Å². The second-order valence-electron chi connectivity index (χ2n) is 6.19. The molecular formula is C17H20N6O3. The highest BCUT2D eigenvalue weighted by atomic mass is 16.2. The number of hydrogen-bond donors (Lipinski definition) is 1. The molecule has 3 rings (SSSR count). The van der Waals surface area contributed by atoms with Gasteiger partial charge in [-0.15, -0.1) is 0 Å². The van der Waals surface area contributed by atoms with Crippen molar-refractivity contribution in [2.45, 2.75) is 26.3 Å². The lowest BCUT2D eigenvalue weighted by Gasteiger charge is -2.07. The molecule has 0 aliphatic rings. The number of carbonyl (C=O) groups is 1. The van der Waals surface area contributed by atoms with E-state index in [4.69, 9.17) is 0 Å². The lowest BCUT2D eigenvalue weighted by molar-refractivity contribution is -0.116. The highest BCUT2D eigenvalue weighted by Gasteiger charge is 2.14. The van der Waals surface area contributed by atoms with Crippen molar-refractivity contribution >= 4 is 22.9 Å². The van der Waals surface area contributed by atoms with E-state index in [-0.39, 0.29) is 12.3 Å². The van der Waals surface area contributed by atoms with Crippen LogP contribution in [0.25, 0.3) is 11.2 Å². The zero-order chi connectivity index (χ0) is 18.8. The predicted molar refractivity (Wildman–Crippen MR) is 97.1 cm³/mol. The summed E-state index contributed by atoms with van der Waals surface area (Å²) < 4.78 is 4.06. The summed E-state index contributed by atoms with van der Waals surface area (Å²) in [6.07, 6.45) is 3.96. The quantitative estimate of drug-likeness (QED) is 0.719. The first-order valence-corrected chi connectivity index (χ1v) is 8.22. The number of nitrogens with one attached hydrogen (secondary N) is 1. The third kappa shape index (κ3) is 3.28. The molecule has 9 heteroatoms. The van der Waals surface area contributed by atoms with Crippen LogP contribution in [0.4, 0.5) is 5.82 Å². The summed E-state index contributed by atoms with van der Waals surface area (Å²) in [7, 11) is 3.01. The number of rotatable bonds is 5. The third-order valence-electron chi connectivity index (χ3n) is 4.20. The van der Waals surface area contributed by atoms with Crippen molar-refractivity contribution in [3.8, 4) is 0 Å². The highest BCUT2D eigenvalue weighted by Crippen LogP contribution is 2.09. The summed E-state index contributed by atoms with van der Waals surface area (Å²) in [6, 6.07) is 3.65. The van der Waals surface area contributed by atoms with Crippen LogP contribution in [0, 0.1) is 6.92 Å². The summed E-state index contributed by atoms with van der Waals surface area (Å²) in [5.74, 6) is 0.375. The SMILES string of the molecule is Cc1ccnc(NC(=O)CCCn2cnc3c2c(=O)n(C)c(=O)n3C)c1. The first-order chi connectivity index (χ1) is 12.4. The average molecular weight is 356 g/mol. The number of pyridine rings is 1. The molecule has 0 bridgehead atoms. The molecule has 0 unspecified atom stereocenters. The van der Waals surface area contributed by atoms with E-state index in [0.29, 0.717) is 29.9 Å². The number of aryl methyl sites for hydroxylation is 3. The molecule has 3 aromatic rings. The Hall–Kier alpha value is -3.23. The van der Waals surface area contributed by atoms with Crippen LogP contribution < -0.4 is 16.6 Å². The van der Waals surface area contributed by atoms with Gasteiger partial charge in [0.05, 0.1) is 6.33 Å². The van der Waals surface area contributed by atoms with Crippen molar-refractivity contribution in [1.29, 1.82) is 0 Å². The van der Waals surface area contributed by atoms with Crippen LogP contribution in [0.2, 0.25) is 0 Å². The molecule has 0 radical (unpaired) electrons. The van der Waals surface area contributed by atoms with Gasteiger partial charge in [0.2, 0.25) is 5.91 Å². The molecule has 0 spiro atoms. The van der Waals surface area contributed by atoms with E-state index < -0.39 is 11.2 Å². The monoisotopic (exact) mass is 356 g/mol. The van der Waals surface area contributed by atoms with Gasteiger partial charge < -0.3 is 9.88 Å². The number of aromatic nitrogens is 5. The minimum absolute atomic E-state index is 0.146. The summed E-state index contributed by atoms with van der Waals surface area (Å²) in [5, 5.41) is 2.75. The van der Waals surface area contributed by atoms with Gasteiger partial charge in [0.25, 0.3) is 5.56 Å². The lowest BCUT2D eigenvalue weighted by atomic mass is 10.2. The predicted octanol–water partition coefficient (Wildman–Crippen LogP) is 0.556. The second-order valence-corrected chi connectivity index (χ2v) is 6.19. The van der Waals surface area contributed by atoms with Crippen LogP contribution in [0.15, 0.2) is 34.2 Å². The molecule has 0 aliphatic heterocycles. The van der Waals surface area contributed by atoms with Crippen molar-refractivity contribution in [2.24, 2.45) is 14.1 Å². The number of fused-ring (bicyclic) bond motifs is 1. The van der Waals surface area contributed by atoms with Gasteiger partial charge >= 0.3 is 5.69 Å². The van der Waals surface area contributed by atoms with Gasteiger partial charge in [-0.1, -0.05) is 0 Å². The Kier molecular flexibility index (Phi) is 4.70. The van der Waals surface area contributed by atoms with Crippen LogP contribution in [0.5, 0.6) is 0 Å². The molecule has 0 saturated heterocycles. The van der Waals surface area contributed by atoms with Gasteiger partial charge in [0.15, 0.2) is 11.2 Å². The number of amides is 1. The van der Waals surface area contributed by atoms with Crippen LogP contribution in [0.1, 0.15) is 18.4 Å². The Morgan fingerprint density at radius 2 is 1.96 bits per heavy atom. The van der Waals surface area contributed by atoms with Crippen LogP contribution in [-0.4, -0.2) is 29.6 Å². The topological polar surface area (TPSA) is 104 Å². The summed E-state index contributed by atoms with van der Waals surface area (Å²) >= 11 is 0. The maximum atomic E-state index is 12.4. The van der Waals surface area contributed by atoms with Crippen LogP contribution >= 0.6 is 0 Å². The fourth-order valence-electron chi connectivity index (χ4n) is 2.79. The Morgan fingerprint density at radius 1 is 1.19 bits per heavy atom. The normalized spacial score (nSPS) is 11.0. The van der Waals surface area contributed by atoms with E-state index >= 15 is 0 Å². The zero-order valence-corrected chi connectivity index (χ0v) is 14.9. The molecule has 26 heavy (non-hydrogen) atoms. The van der Waals surface area contributed by atoms with Crippen LogP contribution in [-0.2, 0) is 25.4 Å². The molecule has 3 aromatic heterocycles. The first kappa shape index (κ1) is 17.6. The highest BCUT2D eigenvalue weighted by molar-refractivity contribution is 5.89.